The van der Waals surface area contributed by atoms with E-state index in [1.807, 2.05) is 48.5 Å². The molecule has 0 aromatic heterocycles. The Balaban J connectivity index is 1.41. The number of amides is 1. The zero-order valence-electron chi connectivity index (χ0n) is 23.2. The number of ether oxygens (including phenoxy) is 4. The Labute approximate surface area is 238 Å². The topological polar surface area (TPSA) is 69.3 Å². The highest BCUT2D eigenvalue weighted by Crippen LogP contribution is 2.33. The summed E-state index contributed by atoms with van der Waals surface area (Å²) < 4.78 is 61.7. The van der Waals surface area contributed by atoms with Crippen LogP contribution in [0.2, 0.25) is 0 Å². The first-order chi connectivity index (χ1) is 19.7. The van der Waals surface area contributed by atoms with Gasteiger partial charge in [-0.1, -0.05) is 30.3 Å². The van der Waals surface area contributed by atoms with Crippen LogP contribution in [0.15, 0.2) is 72.8 Å². The normalized spacial score (nSPS) is 17.5. The van der Waals surface area contributed by atoms with Crippen molar-refractivity contribution < 1.29 is 36.9 Å². The van der Waals surface area contributed by atoms with Crippen LogP contribution in [0.25, 0.3) is 0 Å². The van der Waals surface area contributed by atoms with Gasteiger partial charge in [0.2, 0.25) is 5.91 Å². The standard InChI is InChI=1S/C31H35F3N2O5/c1-38-28-12-11-22(16-29(28)39-2)18-36-19-23(21-41-27-10-6-7-25(17-27)31(32,33)34)15-24(20-36)30(37)35-13-14-40-26-8-4-3-5-9-26/h3-12,16-17,23-24H,13-15,18-21H2,1-2H3,(H,35,37)/t23-,24+/m0/s1. The molecule has 0 unspecified atom stereocenters. The first kappa shape index (κ1) is 30.0. The van der Waals surface area contributed by atoms with Crippen LogP contribution in [0, 0.1) is 11.8 Å². The molecule has 2 atom stereocenters. The van der Waals surface area contributed by atoms with Crippen molar-refractivity contribution in [1.29, 1.82) is 0 Å². The van der Waals surface area contributed by atoms with E-state index in [2.05, 4.69) is 10.2 Å². The molecule has 220 valence electrons. The minimum atomic E-state index is -4.45. The molecule has 1 heterocycles. The summed E-state index contributed by atoms with van der Waals surface area (Å²) in [5, 5.41) is 2.97. The van der Waals surface area contributed by atoms with E-state index < -0.39 is 11.7 Å². The highest BCUT2D eigenvalue weighted by molar-refractivity contribution is 5.79. The van der Waals surface area contributed by atoms with Gasteiger partial charge in [0.1, 0.15) is 18.1 Å². The van der Waals surface area contributed by atoms with E-state index >= 15 is 0 Å². The van der Waals surface area contributed by atoms with Crippen LogP contribution >= 0.6 is 0 Å². The first-order valence-corrected chi connectivity index (χ1v) is 13.4. The first-order valence-electron chi connectivity index (χ1n) is 13.4. The molecule has 1 saturated heterocycles. The van der Waals surface area contributed by atoms with Crippen LogP contribution < -0.4 is 24.3 Å². The number of hydrogen-bond donors (Lipinski definition) is 1. The largest absolute Gasteiger partial charge is 0.493 e. The molecule has 0 bridgehead atoms. The van der Waals surface area contributed by atoms with Gasteiger partial charge in [-0.25, -0.2) is 0 Å². The molecule has 1 fully saturated rings. The highest BCUT2D eigenvalue weighted by Gasteiger charge is 2.33. The second-order valence-corrected chi connectivity index (χ2v) is 9.97. The molecule has 0 spiro atoms. The number of benzene rings is 3. The number of halogens is 3. The van der Waals surface area contributed by atoms with Crippen molar-refractivity contribution in [2.75, 3.05) is 47.1 Å². The fourth-order valence-corrected chi connectivity index (χ4v) is 4.96. The number of para-hydroxylation sites is 1. The number of likely N-dealkylation sites (tertiary alicyclic amines) is 1. The maximum atomic E-state index is 13.2. The monoisotopic (exact) mass is 572 g/mol. The second kappa shape index (κ2) is 14.1. The predicted molar refractivity (Wildman–Crippen MR) is 148 cm³/mol. The summed E-state index contributed by atoms with van der Waals surface area (Å²) in [6, 6.07) is 19.9. The SMILES string of the molecule is COc1ccc(CN2C[C@@H](COc3cccc(C(F)(F)F)c3)C[C@@H](C(=O)NCCOc3ccccc3)C2)cc1OC. The number of carbonyl (C=O) groups is 1. The van der Waals surface area contributed by atoms with Crippen molar-refractivity contribution in [3.05, 3.63) is 83.9 Å². The molecule has 0 saturated carbocycles. The summed E-state index contributed by atoms with van der Waals surface area (Å²) in [7, 11) is 3.15. The highest BCUT2D eigenvalue weighted by atomic mass is 19.4. The fraction of sp³-hybridized carbons (Fsp3) is 0.387. The number of rotatable bonds is 12. The quantitative estimate of drug-likeness (QED) is 0.292. The molecule has 3 aromatic rings. The lowest BCUT2D eigenvalue weighted by molar-refractivity contribution is -0.137. The van der Waals surface area contributed by atoms with Crippen molar-refractivity contribution >= 4 is 5.91 Å². The molecular formula is C31H35F3N2O5. The minimum Gasteiger partial charge on any atom is -0.493 e. The van der Waals surface area contributed by atoms with Gasteiger partial charge in [-0.3, -0.25) is 9.69 Å². The summed E-state index contributed by atoms with van der Waals surface area (Å²) >= 11 is 0. The van der Waals surface area contributed by atoms with Crippen LogP contribution in [0.4, 0.5) is 13.2 Å². The van der Waals surface area contributed by atoms with E-state index in [9.17, 15) is 18.0 Å². The lowest BCUT2D eigenvalue weighted by Gasteiger charge is -2.37. The summed E-state index contributed by atoms with van der Waals surface area (Å²) in [6.45, 7) is 2.57. The fourth-order valence-electron chi connectivity index (χ4n) is 4.96. The lowest BCUT2D eigenvalue weighted by Crippen LogP contribution is -2.47. The van der Waals surface area contributed by atoms with Gasteiger partial charge in [-0.15, -0.1) is 0 Å². The van der Waals surface area contributed by atoms with E-state index in [1.54, 1.807) is 14.2 Å². The van der Waals surface area contributed by atoms with E-state index in [-0.39, 0.29) is 30.1 Å². The third-order valence-electron chi connectivity index (χ3n) is 6.90. The van der Waals surface area contributed by atoms with E-state index in [0.717, 1.165) is 23.4 Å². The van der Waals surface area contributed by atoms with E-state index in [1.165, 1.54) is 12.1 Å². The summed E-state index contributed by atoms with van der Waals surface area (Å²) in [5.74, 6) is 1.62. The van der Waals surface area contributed by atoms with Gasteiger partial charge in [0.05, 0.1) is 38.9 Å². The number of nitrogens with one attached hydrogen (secondary N) is 1. The lowest BCUT2D eigenvalue weighted by atomic mass is 9.88. The zero-order valence-corrected chi connectivity index (χ0v) is 23.2. The Kier molecular flexibility index (Phi) is 10.3. The molecule has 0 aliphatic carbocycles. The average molecular weight is 573 g/mol. The molecule has 0 radical (unpaired) electrons. The number of alkyl halides is 3. The zero-order chi connectivity index (χ0) is 29.2. The molecule has 1 N–H and O–H groups in total. The number of hydrogen-bond acceptors (Lipinski definition) is 6. The molecule has 4 rings (SSSR count). The Morgan fingerprint density at radius 2 is 1.66 bits per heavy atom. The molecule has 41 heavy (non-hydrogen) atoms. The third kappa shape index (κ3) is 8.78. The molecule has 1 aliphatic heterocycles. The van der Waals surface area contributed by atoms with Crippen molar-refractivity contribution in [1.82, 2.24) is 10.2 Å². The van der Waals surface area contributed by atoms with Gasteiger partial charge in [0.15, 0.2) is 11.5 Å². The summed E-state index contributed by atoms with van der Waals surface area (Å²) in [4.78, 5) is 15.3. The van der Waals surface area contributed by atoms with Crippen molar-refractivity contribution in [2.45, 2.75) is 19.1 Å². The molecule has 1 amide bonds. The van der Waals surface area contributed by atoms with Gasteiger partial charge in [-0.05, 0) is 54.4 Å². The van der Waals surface area contributed by atoms with Gasteiger partial charge < -0.3 is 24.3 Å². The Bertz CT molecular complexity index is 1270. The van der Waals surface area contributed by atoms with Crippen LogP contribution in [-0.2, 0) is 17.5 Å². The van der Waals surface area contributed by atoms with Crippen LogP contribution in [0.3, 0.4) is 0 Å². The van der Waals surface area contributed by atoms with Gasteiger partial charge >= 0.3 is 6.18 Å². The molecule has 1 aliphatic rings. The van der Waals surface area contributed by atoms with Crippen LogP contribution in [-0.4, -0.2) is 57.9 Å². The minimum absolute atomic E-state index is 0.0743. The smallest absolute Gasteiger partial charge is 0.416 e. The number of methoxy groups -OCH3 is 2. The third-order valence-corrected chi connectivity index (χ3v) is 6.90. The second-order valence-electron chi connectivity index (χ2n) is 9.97. The molecule has 3 aromatic carbocycles. The Morgan fingerprint density at radius 1 is 0.902 bits per heavy atom. The molecular weight excluding hydrogens is 537 g/mol. The van der Waals surface area contributed by atoms with Crippen molar-refractivity contribution in [2.24, 2.45) is 11.8 Å². The number of carbonyl (C=O) groups excluding carboxylic acids is 1. The maximum absolute atomic E-state index is 13.2. The molecule has 10 heteroatoms. The van der Waals surface area contributed by atoms with E-state index in [4.69, 9.17) is 18.9 Å². The Morgan fingerprint density at radius 3 is 2.39 bits per heavy atom. The maximum Gasteiger partial charge on any atom is 0.416 e. The van der Waals surface area contributed by atoms with Crippen molar-refractivity contribution in [3.8, 4) is 23.0 Å². The van der Waals surface area contributed by atoms with Crippen LogP contribution in [0.1, 0.15) is 17.5 Å². The average Bonchev–Trinajstić information content (AvgIpc) is 2.98. The Hall–Kier alpha value is -3.92. The molecule has 7 nitrogen and oxygen atoms in total. The number of nitrogens with zero attached hydrogens (tertiary/aromatic N) is 1. The van der Waals surface area contributed by atoms with Gasteiger partial charge in [-0.2, -0.15) is 13.2 Å². The summed E-state index contributed by atoms with van der Waals surface area (Å²) in [6.07, 6.45) is -3.90. The van der Waals surface area contributed by atoms with E-state index in [0.29, 0.717) is 50.7 Å². The number of piperidine rings is 1. The summed E-state index contributed by atoms with van der Waals surface area (Å²) in [5.41, 5.74) is 0.223. The van der Waals surface area contributed by atoms with Crippen molar-refractivity contribution in [3.63, 3.8) is 0 Å². The van der Waals surface area contributed by atoms with Crippen LogP contribution in [0.5, 0.6) is 23.0 Å². The van der Waals surface area contributed by atoms with Gasteiger partial charge in [0.25, 0.3) is 0 Å². The predicted octanol–water partition coefficient (Wildman–Crippen LogP) is 5.43. The van der Waals surface area contributed by atoms with Gasteiger partial charge in [0, 0.05) is 25.6 Å².